The number of anilines is 1. The van der Waals surface area contributed by atoms with Crippen LogP contribution in [0.4, 0.5) is 5.69 Å². The lowest BCUT2D eigenvalue weighted by molar-refractivity contribution is 0.102. The van der Waals surface area contributed by atoms with Gasteiger partial charge in [0.1, 0.15) is 5.56 Å². The number of hydrogen-bond acceptors (Lipinski definition) is 3. The highest BCUT2D eigenvalue weighted by Gasteiger charge is 2.11. The number of amides is 1. The maximum Gasteiger partial charge on any atom is 0.261 e. The lowest BCUT2D eigenvalue weighted by atomic mass is 10.2. The molecule has 0 unspecified atom stereocenters. The van der Waals surface area contributed by atoms with E-state index in [0.29, 0.717) is 5.69 Å². The standard InChI is InChI=1S/C13H13N3O2/c1-8-6-14-4-3-11(8)16-13(18)10-7-15-9(2)5-12(10)17/h3-7H,1-2H3,(H,15,17)(H,14,16,18). The van der Waals surface area contributed by atoms with Crippen molar-refractivity contribution in [1.29, 1.82) is 0 Å². The molecule has 0 aliphatic heterocycles. The van der Waals surface area contributed by atoms with E-state index in [2.05, 4.69) is 15.3 Å². The summed E-state index contributed by atoms with van der Waals surface area (Å²) in [5.74, 6) is -0.425. The summed E-state index contributed by atoms with van der Waals surface area (Å²) in [5, 5.41) is 2.69. The Morgan fingerprint density at radius 2 is 2.17 bits per heavy atom. The van der Waals surface area contributed by atoms with Crippen LogP contribution in [-0.4, -0.2) is 15.9 Å². The van der Waals surface area contributed by atoms with Gasteiger partial charge in [0.2, 0.25) is 0 Å². The van der Waals surface area contributed by atoms with Crippen molar-refractivity contribution in [2.75, 3.05) is 5.32 Å². The van der Waals surface area contributed by atoms with Gasteiger partial charge in [-0.25, -0.2) is 0 Å². The highest BCUT2D eigenvalue weighted by molar-refractivity contribution is 6.04. The molecule has 1 amide bonds. The minimum absolute atomic E-state index is 0.0943. The molecule has 18 heavy (non-hydrogen) atoms. The highest BCUT2D eigenvalue weighted by atomic mass is 16.2. The summed E-state index contributed by atoms with van der Waals surface area (Å²) in [7, 11) is 0. The molecule has 0 bridgehead atoms. The first kappa shape index (κ1) is 12.0. The van der Waals surface area contributed by atoms with E-state index in [9.17, 15) is 9.59 Å². The number of hydrogen-bond donors (Lipinski definition) is 2. The molecule has 0 aromatic carbocycles. The van der Waals surface area contributed by atoms with Crippen molar-refractivity contribution in [3.05, 3.63) is 57.8 Å². The van der Waals surface area contributed by atoms with Gasteiger partial charge in [0.05, 0.1) is 0 Å². The van der Waals surface area contributed by atoms with Crippen molar-refractivity contribution in [3.8, 4) is 0 Å². The largest absolute Gasteiger partial charge is 0.364 e. The monoisotopic (exact) mass is 243 g/mol. The summed E-state index contributed by atoms with van der Waals surface area (Å²) in [6.45, 7) is 3.60. The average Bonchev–Trinajstić information content (AvgIpc) is 2.32. The third-order valence-electron chi connectivity index (χ3n) is 2.57. The SMILES string of the molecule is Cc1cc(=O)c(C(=O)Nc2ccncc2C)c[nH]1. The molecule has 92 valence electrons. The fourth-order valence-corrected chi connectivity index (χ4v) is 1.55. The van der Waals surface area contributed by atoms with Gasteiger partial charge < -0.3 is 10.3 Å². The van der Waals surface area contributed by atoms with Gasteiger partial charge >= 0.3 is 0 Å². The molecule has 2 aromatic heterocycles. The van der Waals surface area contributed by atoms with Crippen LogP contribution in [0.2, 0.25) is 0 Å². The minimum atomic E-state index is -0.425. The van der Waals surface area contributed by atoms with Crippen molar-refractivity contribution in [2.24, 2.45) is 0 Å². The van der Waals surface area contributed by atoms with E-state index < -0.39 is 5.91 Å². The van der Waals surface area contributed by atoms with E-state index in [-0.39, 0.29) is 11.0 Å². The summed E-state index contributed by atoms with van der Waals surface area (Å²) in [4.78, 5) is 30.4. The van der Waals surface area contributed by atoms with Gasteiger partial charge in [-0.15, -0.1) is 0 Å². The van der Waals surface area contributed by atoms with Crippen LogP contribution in [0.25, 0.3) is 0 Å². The number of aromatic amines is 1. The number of carbonyl (C=O) groups excluding carboxylic acids is 1. The maximum absolute atomic E-state index is 11.9. The molecule has 0 saturated carbocycles. The van der Waals surface area contributed by atoms with Gasteiger partial charge in [0.15, 0.2) is 5.43 Å². The Morgan fingerprint density at radius 3 is 2.83 bits per heavy atom. The highest BCUT2D eigenvalue weighted by Crippen LogP contribution is 2.12. The van der Waals surface area contributed by atoms with Gasteiger partial charge in [-0.3, -0.25) is 14.6 Å². The average molecular weight is 243 g/mol. The normalized spacial score (nSPS) is 10.1. The molecule has 5 nitrogen and oxygen atoms in total. The summed E-state index contributed by atoms with van der Waals surface area (Å²) < 4.78 is 0. The Morgan fingerprint density at radius 1 is 1.39 bits per heavy atom. The lowest BCUT2D eigenvalue weighted by Gasteiger charge is -2.07. The molecule has 0 aliphatic carbocycles. The second-order valence-corrected chi connectivity index (χ2v) is 4.04. The Hall–Kier alpha value is -2.43. The molecule has 2 aromatic rings. The third-order valence-corrected chi connectivity index (χ3v) is 2.57. The topological polar surface area (TPSA) is 74.8 Å². The quantitative estimate of drug-likeness (QED) is 0.842. The molecular weight excluding hydrogens is 230 g/mol. The van der Waals surface area contributed by atoms with Crippen molar-refractivity contribution in [2.45, 2.75) is 13.8 Å². The lowest BCUT2D eigenvalue weighted by Crippen LogP contribution is -2.21. The van der Waals surface area contributed by atoms with Crippen LogP contribution in [0, 0.1) is 13.8 Å². The Labute approximate surface area is 104 Å². The van der Waals surface area contributed by atoms with Gasteiger partial charge in [0.25, 0.3) is 5.91 Å². The van der Waals surface area contributed by atoms with E-state index in [1.807, 2.05) is 6.92 Å². The Bertz CT molecular complexity index is 647. The van der Waals surface area contributed by atoms with Crippen LogP contribution in [0.5, 0.6) is 0 Å². The summed E-state index contributed by atoms with van der Waals surface area (Å²) in [5.41, 5.74) is 2.01. The van der Waals surface area contributed by atoms with Crippen molar-refractivity contribution < 1.29 is 4.79 Å². The summed E-state index contributed by atoms with van der Waals surface area (Å²) in [6.07, 6.45) is 4.65. The number of pyridine rings is 2. The zero-order valence-electron chi connectivity index (χ0n) is 10.2. The van der Waals surface area contributed by atoms with Crippen LogP contribution in [-0.2, 0) is 0 Å². The second kappa shape index (κ2) is 4.83. The fraction of sp³-hybridized carbons (Fsp3) is 0.154. The molecular formula is C13H13N3O2. The van der Waals surface area contributed by atoms with Gasteiger partial charge in [-0.1, -0.05) is 0 Å². The van der Waals surface area contributed by atoms with Crippen LogP contribution >= 0.6 is 0 Å². The number of nitrogens with one attached hydrogen (secondary N) is 2. The van der Waals surface area contributed by atoms with Crippen LogP contribution in [0.3, 0.4) is 0 Å². The number of nitrogens with zero attached hydrogens (tertiary/aromatic N) is 1. The number of aryl methyl sites for hydroxylation is 2. The van der Waals surface area contributed by atoms with Crippen molar-refractivity contribution in [3.63, 3.8) is 0 Å². The van der Waals surface area contributed by atoms with E-state index in [1.54, 1.807) is 25.4 Å². The van der Waals surface area contributed by atoms with Crippen LogP contribution < -0.4 is 10.7 Å². The smallest absolute Gasteiger partial charge is 0.261 e. The number of rotatable bonds is 2. The zero-order valence-corrected chi connectivity index (χ0v) is 10.2. The third kappa shape index (κ3) is 2.45. The van der Waals surface area contributed by atoms with E-state index in [1.165, 1.54) is 12.3 Å². The molecule has 5 heteroatoms. The first-order chi connectivity index (χ1) is 8.58. The molecule has 0 atom stereocenters. The van der Waals surface area contributed by atoms with Gasteiger partial charge in [-0.2, -0.15) is 0 Å². The molecule has 0 spiro atoms. The summed E-state index contributed by atoms with van der Waals surface area (Å²) in [6, 6.07) is 3.09. The van der Waals surface area contributed by atoms with E-state index >= 15 is 0 Å². The number of H-pyrrole nitrogens is 1. The van der Waals surface area contributed by atoms with Crippen molar-refractivity contribution >= 4 is 11.6 Å². The molecule has 0 aliphatic rings. The first-order valence-corrected chi connectivity index (χ1v) is 5.49. The Balaban J connectivity index is 2.28. The van der Waals surface area contributed by atoms with E-state index in [4.69, 9.17) is 0 Å². The van der Waals surface area contributed by atoms with Crippen LogP contribution in [0.1, 0.15) is 21.6 Å². The van der Waals surface area contributed by atoms with Crippen molar-refractivity contribution in [1.82, 2.24) is 9.97 Å². The molecule has 2 N–H and O–H groups in total. The summed E-state index contributed by atoms with van der Waals surface area (Å²) >= 11 is 0. The molecule has 2 rings (SSSR count). The maximum atomic E-state index is 11.9. The molecule has 0 fully saturated rings. The predicted octanol–water partition coefficient (Wildman–Crippen LogP) is 1.64. The molecule has 0 saturated heterocycles. The minimum Gasteiger partial charge on any atom is -0.364 e. The second-order valence-electron chi connectivity index (χ2n) is 4.04. The molecule has 0 radical (unpaired) electrons. The zero-order chi connectivity index (χ0) is 13.1. The number of carbonyl (C=O) groups is 1. The van der Waals surface area contributed by atoms with Gasteiger partial charge in [-0.05, 0) is 25.5 Å². The van der Waals surface area contributed by atoms with Gasteiger partial charge in [0, 0.05) is 36.0 Å². The fourth-order valence-electron chi connectivity index (χ4n) is 1.55. The van der Waals surface area contributed by atoms with E-state index in [0.717, 1.165) is 11.3 Å². The Kier molecular flexibility index (Phi) is 3.23. The predicted molar refractivity (Wildman–Crippen MR) is 68.7 cm³/mol. The van der Waals surface area contributed by atoms with Crippen LogP contribution in [0.15, 0.2) is 35.5 Å². The number of aromatic nitrogens is 2. The first-order valence-electron chi connectivity index (χ1n) is 5.49. The molecule has 2 heterocycles.